The molecule has 0 fully saturated rings. The van der Waals surface area contributed by atoms with E-state index in [0.717, 1.165) is 35.6 Å². The van der Waals surface area contributed by atoms with Gasteiger partial charge >= 0.3 is 0 Å². The molecule has 5 N–H and O–H groups in total. The van der Waals surface area contributed by atoms with Crippen LogP contribution in [-0.2, 0) is 6.42 Å². The molecule has 104 valence electrons. The molecule has 0 saturated carbocycles. The van der Waals surface area contributed by atoms with Gasteiger partial charge in [-0.3, -0.25) is 0 Å². The fraction of sp³-hybridized carbons (Fsp3) is 0.357. The number of nitrogens with one attached hydrogen (secondary N) is 3. The summed E-state index contributed by atoms with van der Waals surface area (Å²) in [7, 11) is 0. The topological polar surface area (TPSA) is 68.0 Å². The molecule has 2 rings (SSSR count). The summed E-state index contributed by atoms with van der Waals surface area (Å²) in [6.45, 7) is 4.21. The summed E-state index contributed by atoms with van der Waals surface area (Å²) in [5, 5.41) is 3.54. The largest absolute Gasteiger partial charge is 1.00 e. The first kappa shape index (κ1) is 15.4. The molecular weight excluding hydrogens is 260 g/mol. The lowest BCUT2D eigenvalue weighted by Gasteiger charge is -2.16. The van der Waals surface area contributed by atoms with Gasteiger partial charge in [-0.25, -0.2) is 9.97 Å². The van der Waals surface area contributed by atoms with Gasteiger partial charge < -0.3 is 23.5 Å². The number of hydrogen-bond acceptors (Lipinski definition) is 2. The summed E-state index contributed by atoms with van der Waals surface area (Å²) in [6, 6.07) is 6.48. The smallest absolute Gasteiger partial charge is 0.254 e. The second kappa shape index (κ2) is 7.04. The molecule has 0 aliphatic heterocycles. The summed E-state index contributed by atoms with van der Waals surface area (Å²) < 4.78 is 0. The quantitative estimate of drug-likeness (QED) is 0.625. The van der Waals surface area contributed by atoms with Crippen LogP contribution < -0.4 is 28.4 Å². The summed E-state index contributed by atoms with van der Waals surface area (Å²) in [4.78, 5) is 6.39. The number of hydrogen-bond donors (Lipinski definition) is 3. The molecule has 0 spiro atoms. The summed E-state index contributed by atoms with van der Waals surface area (Å²) in [5.74, 6) is 1.14. The Morgan fingerprint density at radius 3 is 2.79 bits per heavy atom. The highest BCUT2D eigenvalue weighted by Gasteiger charge is 2.12. The first-order chi connectivity index (χ1) is 8.69. The standard InChI is InChI=1S/C14H20N4.ClH/c1-3-11(9-14-16-6-7-17-14)18-12-4-5-13(15)10(2)8-12;/h4-8,11,18H,3,9,15H2,1-2H3,(H,16,17);1H. The molecule has 1 atom stereocenters. The summed E-state index contributed by atoms with van der Waals surface area (Å²) in [6.07, 6.45) is 5.84. The minimum Gasteiger partial charge on any atom is -1.00 e. The van der Waals surface area contributed by atoms with Gasteiger partial charge in [-0.05, 0) is 37.1 Å². The Kier molecular flexibility index (Phi) is 5.70. The lowest BCUT2D eigenvalue weighted by molar-refractivity contribution is -0.388. The number of halogens is 1. The Labute approximate surface area is 120 Å². The molecule has 0 bridgehead atoms. The van der Waals surface area contributed by atoms with E-state index in [2.05, 4.69) is 28.3 Å². The van der Waals surface area contributed by atoms with Crippen LogP contribution in [0.3, 0.4) is 0 Å². The molecule has 0 radical (unpaired) electrons. The van der Waals surface area contributed by atoms with E-state index < -0.39 is 0 Å². The number of H-pyrrole nitrogens is 2. The minimum absolute atomic E-state index is 0. The fourth-order valence-electron chi connectivity index (χ4n) is 1.99. The second-order valence-electron chi connectivity index (χ2n) is 4.63. The highest BCUT2D eigenvalue weighted by molar-refractivity contribution is 5.57. The second-order valence-corrected chi connectivity index (χ2v) is 4.63. The molecular formula is C14H21ClN4. The highest BCUT2D eigenvalue weighted by Crippen LogP contribution is 2.18. The van der Waals surface area contributed by atoms with E-state index in [-0.39, 0.29) is 12.4 Å². The normalized spacial score (nSPS) is 11.7. The number of imidazole rings is 1. The number of nitrogen functional groups attached to an aromatic ring is 1. The molecule has 19 heavy (non-hydrogen) atoms. The van der Waals surface area contributed by atoms with Crippen molar-refractivity contribution in [3.63, 3.8) is 0 Å². The molecule has 1 aromatic heterocycles. The van der Waals surface area contributed by atoms with Crippen molar-refractivity contribution in [1.29, 1.82) is 0 Å². The van der Waals surface area contributed by atoms with Crippen LogP contribution in [0.1, 0.15) is 24.7 Å². The van der Waals surface area contributed by atoms with Crippen molar-refractivity contribution in [2.45, 2.75) is 32.7 Å². The molecule has 1 aromatic carbocycles. The van der Waals surface area contributed by atoms with Crippen LogP contribution in [0.2, 0.25) is 0 Å². The van der Waals surface area contributed by atoms with E-state index in [1.807, 2.05) is 31.5 Å². The van der Waals surface area contributed by atoms with Crippen LogP contribution in [0.5, 0.6) is 0 Å². The van der Waals surface area contributed by atoms with Crippen molar-refractivity contribution >= 4 is 11.4 Å². The average molecular weight is 281 g/mol. The van der Waals surface area contributed by atoms with E-state index in [0.29, 0.717) is 6.04 Å². The van der Waals surface area contributed by atoms with Gasteiger partial charge in [0.15, 0.2) is 0 Å². The van der Waals surface area contributed by atoms with Gasteiger partial charge in [0.1, 0.15) is 12.4 Å². The van der Waals surface area contributed by atoms with Crippen molar-refractivity contribution in [2.75, 3.05) is 11.1 Å². The van der Waals surface area contributed by atoms with E-state index in [1.165, 1.54) is 0 Å². The molecule has 5 heteroatoms. The molecule has 1 heterocycles. The van der Waals surface area contributed by atoms with E-state index in [1.54, 1.807) is 0 Å². The van der Waals surface area contributed by atoms with Crippen LogP contribution >= 0.6 is 0 Å². The Hall–Kier alpha value is -1.68. The van der Waals surface area contributed by atoms with Gasteiger partial charge in [0.2, 0.25) is 0 Å². The zero-order valence-electron chi connectivity index (χ0n) is 11.3. The van der Waals surface area contributed by atoms with Gasteiger partial charge in [0.05, 0.1) is 6.42 Å². The molecule has 0 amide bonds. The van der Waals surface area contributed by atoms with Crippen molar-refractivity contribution < 1.29 is 17.4 Å². The Morgan fingerprint density at radius 1 is 1.42 bits per heavy atom. The monoisotopic (exact) mass is 280 g/mol. The Morgan fingerprint density at radius 2 is 2.21 bits per heavy atom. The lowest BCUT2D eigenvalue weighted by Crippen LogP contribution is -3.00. The van der Waals surface area contributed by atoms with E-state index in [9.17, 15) is 0 Å². The minimum atomic E-state index is 0. The summed E-state index contributed by atoms with van der Waals surface area (Å²) in [5.41, 5.74) is 8.90. The van der Waals surface area contributed by atoms with Gasteiger partial charge in [-0.2, -0.15) is 0 Å². The molecule has 4 nitrogen and oxygen atoms in total. The molecule has 0 aliphatic carbocycles. The van der Waals surface area contributed by atoms with Gasteiger partial charge in [-0.15, -0.1) is 0 Å². The molecule has 0 saturated heterocycles. The average Bonchev–Trinajstić information content (AvgIpc) is 2.86. The van der Waals surface area contributed by atoms with E-state index in [4.69, 9.17) is 5.73 Å². The van der Waals surface area contributed by atoms with Crippen molar-refractivity contribution in [3.05, 3.63) is 42.0 Å². The van der Waals surface area contributed by atoms with Crippen LogP contribution in [0.25, 0.3) is 0 Å². The van der Waals surface area contributed by atoms with Crippen LogP contribution in [0.4, 0.5) is 11.4 Å². The third kappa shape index (κ3) is 4.17. The predicted molar refractivity (Wildman–Crippen MR) is 74.3 cm³/mol. The predicted octanol–water partition coefficient (Wildman–Crippen LogP) is -0.843. The Balaban J connectivity index is 0.00000180. The maximum atomic E-state index is 5.82. The first-order valence-corrected chi connectivity index (χ1v) is 6.35. The van der Waals surface area contributed by atoms with Crippen LogP contribution in [-0.4, -0.2) is 11.0 Å². The number of aromatic amines is 2. The van der Waals surface area contributed by atoms with Crippen LogP contribution in [0, 0.1) is 6.92 Å². The summed E-state index contributed by atoms with van der Waals surface area (Å²) >= 11 is 0. The fourth-order valence-corrected chi connectivity index (χ4v) is 1.99. The van der Waals surface area contributed by atoms with Crippen molar-refractivity contribution in [3.8, 4) is 0 Å². The number of rotatable bonds is 5. The third-order valence-electron chi connectivity index (χ3n) is 3.18. The molecule has 1 unspecified atom stereocenters. The number of aromatic nitrogens is 2. The highest BCUT2D eigenvalue weighted by atomic mass is 35.5. The third-order valence-corrected chi connectivity index (χ3v) is 3.18. The first-order valence-electron chi connectivity index (χ1n) is 6.35. The number of nitrogens with two attached hydrogens (primary N) is 1. The maximum absolute atomic E-state index is 5.82. The number of benzene rings is 1. The van der Waals surface area contributed by atoms with Gasteiger partial charge in [-0.1, -0.05) is 6.92 Å². The van der Waals surface area contributed by atoms with E-state index >= 15 is 0 Å². The lowest BCUT2D eigenvalue weighted by atomic mass is 10.1. The zero-order chi connectivity index (χ0) is 13.0. The van der Waals surface area contributed by atoms with Gasteiger partial charge in [0.25, 0.3) is 5.82 Å². The van der Waals surface area contributed by atoms with Crippen molar-refractivity contribution in [2.24, 2.45) is 0 Å². The zero-order valence-corrected chi connectivity index (χ0v) is 12.1. The van der Waals surface area contributed by atoms with Crippen molar-refractivity contribution in [1.82, 2.24) is 4.98 Å². The molecule has 0 aliphatic rings. The van der Waals surface area contributed by atoms with Crippen LogP contribution in [0.15, 0.2) is 30.6 Å². The number of anilines is 2. The molecule has 2 aromatic rings. The maximum Gasteiger partial charge on any atom is 0.254 e. The van der Waals surface area contributed by atoms with Gasteiger partial charge in [0, 0.05) is 17.4 Å². The SMILES string of the molecule is CCC(Cc1[nH]cc[nH+]1)Nc1ccc(N)c(C)c1.[Cl-]. The Bertz CT molecular complexity index is 496. The number of aryl methyl sites for hydroxylation is 1.